The highest BCUT2D eigenvalue weighted by Crippen LogP contribution is 2.30. The number of sulfone groups is 1. The van der Waals surface area contributed by atoms with Gasteiger partial charge in [0.25, 0.3) is 0 Å². The van der Waals surface area contributed by atoms with Crippen LogP contribution < -0.4 is 5.32 Å². The first kappa shape index (κ1) is 30.2. The quantitative estimate of drug-likeness (QED) is 0.144. The SMILES string of the molecule is C[Si](C)(C)CCOCn1cc(I)c2nc(-c3cnc(S(C)(=O)=O)nc3NC3CCCN(S(C)(=O)=O)C3)cnc21. The molecular formula is C23H34IN7O5S2Si. The summed E-state index contributed by atoms with van der Waals surface area (Å²) in [6, 6.07) is 0.808. The molecule has 1 aliphatic heterocycles. The summed E-state index contributed by atoms with van der Waals surface area (Å²) in [5, 5.41) is 2.94. The molecule has 4 rings (SSSR count). The first-order valence-corrected chi connectivity index (χ1v) is 21.0. The number of rotatable bonds is 10. The fraction of sp³-hybridized carbons (Fsp3) is 0.565. The van der Waals surface area contributed by atoms with Gasteiger partial charge in [0.1, 0.15) is 18.1 Å². The summed E-state index contributed by atoms with van der Waals surface area (Å²) in [5.41, 5.74) is 2.30. The van der Waals surface area contributed by atoms with E-state index in [4.69, 9.17) is 9.72 Å². The maximum Gasteiger partial charge on any atom is 0.248 e. The van der Waals surface area contributed by atoms with E-state index in [1.165, 1.54) is 16.8 Å². The summed E-state index contributed by atoms with van der Waals surface area (Å²) in [7, 11) is -8.23. The third kappa shape index (κ3) is 7.72. The highest BCUT2D eigenvalue weighted by molar-refractivity contribution is 14.1. The van der Waals surface area contributed by atoms with Gasteiger partial charge in [0.2, 0.25) is 25.0 Å². The molecule has 3 aromatic heterocycles. The molecule has 16 heteroatoms. The fourth-order valence-electron chi connectivity index (χ4n) is 4.18. The van der Waals surface area contributed by atoms with Crippen LogP contribution in [0, 0.1) is 3.57 Å². The van der Waals surface area contributed by atoms with Gasteiger partial charge in [-0.05, 0) is 41.5 Å². The molecule has 0 amide bonds. The highest BCUT2D eigenvalue weighted by atomic mass is 127. The first-order chi connectivity index (χ1) is 18.1. The average Bonchev–Trinajstić information content (AvgIpc) is 3.15. The van der Waals surface area contributed by atoms with Crippen molar-refractivity contribution in [3.8, 4) is 11.3 Å². The Labute approximate surface area is 244 Å². The van der Waals surface area contributed by atoms with Gasteiger partial charge in [-0.1, -0.05) is 19.6 Å². The molecule has 4 heterocycles. The molecule has 1 saturated heterocycles. The van der Waals surface area contributed by atoms with Gasteiger partial charge < -0.3 is 14.6 Å². The van der Waals surface area contributed by atoms with Gasteiger partial charge in [0.05, 0.1) is 27.3 Å². The van der Waals surface area contributed by atoms with Crippen molar-refractivity contribution in [2.75, 3.05) is 37.5 Å². The summed E-state index contributed by atoms with van der Waals surface area (Å²) in [6.07, 6.45) is 8.55. The minimum absolute atomic E-state index is 0.250. The van der Waals surface area contributed by atoms with Gasteiger partial charge >= 0.3 is 0 Å². The normalized spacial score (nSPS) is 17.5. The van der Waals surface area contributed by atoms with Crippen LogP contribution in [-0.4, -0.2) is 92.0 Å². The van der Waals surface area contributed by atoms with E-state index < -0.39 is 27.9 Å². The monoisotopic (exact) mass is 707 g/mol. The van der Waals surface area contributed by atoms with E-state index in [-0.39, 0.29) is 23.6 Å². The molecule has 0 spiro atoms. The number of anilines is 1. The van der Waals surface area contributed by atoms with Gasteiger partial charge in [0.15, 0.2) is 5.65 Å². The number of halogens is 1. The summed E-state index contributed by atoms with van der Waals surface area (Å²) in [4.78, 5) is 17.8. The Morgan fingerprint density at radius 2 is 1.87 bits per heavy atom. The zero-order valence-corrected chi connectivity index (χ0v) is 27.5. The molecule has 0 aromatic carbocycles. The van der Waals surface area contributed by atoms with E-state index in [0.717, 1.165) is 15.9 Å². The predicted octanol–water partition coefficient (Wildman–Crippen LogP) is 3.04. The highest BCUT2D eigenvalue weighted by Gasteiger charge is 2.28. The lowest BCUT2D eigenvalue weighted by Crippen LogP contribution is -2.44. The summed E-state index contributed by atoms with van der Waals surface area (Å²) in [6.45, 7) is 8.68. The van der Waals surface area contributed by atoms with Gasteiger partial charge in [-0.2, -0.15) is 0 Å². The molecular weight excluding hydrogens is 673 g/mol. The van der Waals surface area contributed by atoms with Crippen molar-refractivity contribution in [2.45, 2.75) is 56.5 Å². The molecule has 1 N–H and O–H groups in total. The molecule has 12 nitrogen and oxygen atoms in total. The molecule has 0 radical (unpaired) electrons. The Bertz CT molecular complexity index is 1580. The van der Waals surface area contributed by atoms with Gasteiger partial charge in [-0.3, -0.25) is 0 Å². The standard InChI is InChI=1S/C23H34IN7O5S2Si/c1-37(32,33)23-26-11-17(21(29-23)27-16-7-6-8-31(13-16)38(2,34)35)19-12-25-22-20(28-19)18(24)14-30(22)15-36-9-10-39(3,4)5/h11-12,14,16H,6-10,13,15H2,1-5H3,(H,26,27,29). The second-order valence-electron chi connectivity index (χ2n) is 11.0. The molecule has 1 fully saturated rings. The van der Waals surface area contributed by atoms with Crippen molar-refractivity contribution in [1.82, 2.24) is 28.8 Å². The fourth-order valence-corrected chi connectivity index (χ4v) is 7.05. The topological polar surface area (TPSA) is 149 Å². The minimum Gasteiger partial charge on any atom is -0.365 e. The van der Waals surface area contributed by atoms with Crippen molar-refractivity contribution in [3.05, 3.63) is 22.2 Å². The van der Waals surface area contributed by atoms with Crippen LogP contribution >= 0.6 is 22.6 Å². The molecule has 39 heavy (non-hydrogen) atoms. The summed E-state index contributed by atoms with van der Waals surface area (Å²) in [5.74, 6) is 0.267. The van der Waals surface area contributed by atoms with Crippen molar-refractivity contribution >= 4 is 67.5 Å². The van der Waals surface area contributed by atoms with E-state index in [1.807, 2.05) is 10.8 Å². The number of nitrogens with one attached hydrogen (secondary N) is 1. The van der Waals surface area contributed by atoms with E-state index in [2.05, 4.69) is 62.5 Å². The maximum absolute atomic E-state index is 12.2. The van der Waals surface area contributed by atoms with Crippen LogP contribution in [0.3, 0.4) is 0 Å². The number of hydrogen-bond donors (Lipinski definition) is 1. The van der Waals surface area contributed by atoms with Crippen molar-refractivity contribution in [3.63, 3.8) is 0 Å². The number of piperidine rings is 1. The molecule has 0 aliphatic carbocycles. The maximum atomic E-state index is 12.2. The average molecular weight is 708 g/mol. The number of aromatic nitrogens is 5. The number of fused-ring (bicyclic) bond motifs is 1. The Morgan fingerprint density at radius 1 is 1.13 bits per heavy atom. The molecule has 3 aromatic rings. The van der Waals surface area contributed by atoms with Crippen molar-refractivity contribution in [2.24, 2.45) is 0 Å². The summed E-state index contributed by atoms with van der Waals surface area (Å²) >= 11 is 2.21. The third-order valence-corrected chi connectivity index (χ3v) is 10.9. The number of nitrogens with zero attached hydrogens (tertiary/aromatic N) is 6. The van der Waals surface area contributed by atoms with Crippen LogP contribution in [0.1, 0.15) is 12.8 Å². The predicted molar refractivity (Wildman–Crippen MR) is 162 cm³/mol. The Hall–Kier alpha value is -1.73. The first-order valence-electron chi connectivity index (χ1n) is 12.5. The molecule has 1 unspecified atom stereocenters. The Morgan fingerprint density at radius 3 is 2.54 bits per heavy atom. The molecule has 1 aliphatic rings. The smallest absolute Gasteiger partial charge is 0.248 e. The van der Waals surface area contributed by atoms with Gasteiger partial charge in [-0.25, -0.2) is 41.1 Å². The van der Waals surface area contributed by atoms with Crippen LogP contribution in [0.5, 0.6) is 0 Å². The number of hydrogen-bond acceptors (Lipinski definition) is 10. The zero-order valence-electron chi connectivity index (χ0n) is 22.7. The molecule has 1 atom stereocenters. The Balaban J connectivity index is 1.65. The van der Waals surface area contributed by atoms with Gasteiger partial charge in [0, 0.05) is 52.5 Å². The van der Waals surface area contributed by atoms with Crippen LogP contribution in [0.4, 0.5) is 5.82 Å². The molecule has 0 saturated carbocycles. The van der Waals surface area contributed by atoms with Crippen LogP contribution in [0.2, 0.25) is 25.7 Å². The van der Waals surface area contributed by atoms with Crippen LogP contribution in [-0.2, 0) is 31.3 Å². The largest absolute Gasteiger partial charge is 0.365 e. The number of sulfonamides is 1. The second-order valence-corrected chi connectivity index (χ2v) is 21.7. The third-order valence-electron chi connectivity index (χ3n) is 6.32. The molecule has 214 valence electrons. The van der Waals surface area contributed by atoms with E-state index >= 15 is 0 Å². The van der Waals surface area contributed by atoms with E-state index in [1.54, 1.807) is 6.20 Å². The lowest BCUT2D eigenvalue weighted by molar-refractivity contribution is 0.0898. The van der Waals surface area contributed by atoms with Crippen LogP contribution in [0.15, 0.2) is 23.7 Å². The van der Waals surface area contributed by atoms with E-state index in [0.29, 0.717) is 55.1 Å². The number of ether oxygens (including phenoxy) is 1. The van der Waals surface area contributed by atoms with Crippen molar-refractivity contribution < 1.29 is 21.6 Å². The minimum atomic E-state index is -3.68. The van der Waals surface area contributed by atoms with Crippen LogP contribution in [0.25, 0.3) is 22.4 Å². The van der Waals surface area contributed by atoms with Gasteiger partial charge in [-0.15, -0.1) is 0 Å². The zero-order chi connectivity index (χ0) is 28.6. The lowest BCUT2D eigenvalue weighted by atomic mass is 10.1. The Kier molecular flexibility index (Phi) is 9.02. The molecule has 0 bridgehead atoms. The van der Waals surface area contributed by atoms with Crippen molar-refractivity contribution in [1.29, 1.82) is 0 Å². The van der Waals surface area contributed by atoms with E-state index in [9.17, 15) is 16.8 Å². The summed E-state index contributed by atoms with van der Waals surface area (Å²) < 4.78 is 58.8. The lowest BCUT2D eigenvalue weighted by Gasteiger charge is -2.32. The second kappa shape index (κ2) is 11.6.